The maximum Gasteiger partial charge on any atom is 0.416 e. The number of hydrogen-bond donors (Lipinski definition) is 2. The fraction of sp³-hybridized carbons (Fsp3) is 0.391. The largest absolute Gasteiger partial charge is 0.416 e. The Morgan fingerprint density at radius 1 is 1.21 bits per heavy atom. The minimum atomic E-state index is -4.46. The van der Waals surface area contributed by atoms with Crippen LogP contribution in [0.4, 0.5) is 24.5 Å². The molecule has 0 spiro atoms. The van der Waals surface area contributed by atoms with E-state index in [2.05, 4.69) is 10.3 Å². The summed E-state index contributed by atoms with van der Waals surface area (Å²) in [5.41, 5.74) is 5.66. The maximum absolute atomic E-state index is 13.1. The molecule has 0 radical (unpaired) electrons. The number of anilines is 2. The smallest absolute Gasteiger partial charge is 0.381 e. The molecule has 10 heteroatoms. The lowest BCUT2D eigenvalue weighted by Gasteiger charge is -2.40. The highest BCUT2D eigenvalue weighted by atomic mass is 35.5. The van der Waals surface area contributed by atoms with Gasteiger partial charge in [-0.1, -0.05) is 29.8 Å². The molecule has 176 valence electrons. The molecule has 0 bridgehead atoms. The van der Waals surface area contributed by atoms with Crippen LogP contribution in [0, 0.1) is 0 Å². The van der Waals surface area contributed by atoms with E-state index in [0.29, 0.717) is 37.3 Å². The number of amides is 1. The van der Waals surface area contributed by atoms with Crippen LogP contribution in [0.3, 0.4) is 0 Å². The first-order valence-corrected chi connectivity index (χ1v) is 10.9. The van der Waals surface area contributed by atoms with Crippen molar-refractivity contribution in [2.45, 2.75) is 43.9 Å². The number of hydrogen-bond acceptors (Lipinski definition) is 5. The van der Waals surface area contributed by atoms with Gasteiger partial charge < -0.3 is 15.8 Å². The number of nitrogens with one attached hydrogen (secondary N) is 1. The zero-order valence-corrected chi connectivity index (χ0v) is 18.7. The van der Waals surface area contributed by atoms with E-state index in [-0.39, 0.29) is 35.0 Å². The van der Waals surface area contributed by atoms with Crippen molar-refractivity contribution in [2.75, 3.05) is 18.5 Å². The maximum atomic E-state index is 13.1. The van der Waals surface area contributed by atoms with Crippen LogP contribution in [-0.2, 0) is 21.2 Å². The van der Waals surface area contributed by atoms with Gasteiger partial charge in [-0.05, 0) is 44.0 Å². The zero-order chi connectivity index (χ0) is 23.8. The van der Waals surface area contributed by atoms with Gasteiger partial charge in [-0.3, -0.25) is 9.69 Å². The Balaban J connectivity index is 1.63. The van der Waals surface area contributed by atoms with E-state index in [1.54, 1.807) is 30.0 Å². The first-order valence-electron chi connectivity index (χ1n) is 10.6. The number of rotatable bonds is 4. The molecule has 1 saturated heterocycles. The predicted octanol–water partition coefficient (Wildman–Crippen LogP) is 5.04. The van der Waals surface area contributed by atoms with E-state index in [9.17, 15) is 18.0 Å². The number of guanidine groups is 1. The number of nitrogens with zero attached hydrogens (tertiary/aromatic N) is 2. The second-order valence-electron chi connectivity index (χ2n) is 8.40. The molecule has 0 saturated carbocycles. The molecule has 1 fully saturated rings. The van der Waals surface area contributed by atoms with Crippen molar-refractivity contribution in [1.82, 2.24) is 4.90 Å². The summed E-state index contributed by atoms with van der Waals surface area (Å²) in [6, 6.07) is 9.91. The number of carbonyl (C=O) groups is 1. The van der Waals surface area contributed by atoms with Crippen LogP contribution in [0.5, 0.6) is 0 Å². The summed E-state index contributed by atoms with van der Waals surface area (Å²) in [5, 5.41) is 3.21. The molecule has 6 nitrogen and oxygen atoms in total. The van der Waals surface area contributed by atoms with Gasteiger partial charge in [-0.15, -0.1) is 0 Å². The van der Waals surface area contributed by atoms with E-state index in [0.717, 1.165) is 12.1 Å². The normalized spacial score (nSPS) is 22.3. The van der Waals surface area contributed by atoms with Gasteiger partial charge in [0.2, 0.25) is 5.91 Å². The second kappa shape index (κ2) is 8.87. The number of aliphatic imine (C=N–C) groups is 1. The third kappa shape index (κ3) is 4.79. The molecule has 3 N–H and O–H groups in total. The molecular weight excluding hydrogens is 457 g/mol. The third-order valence-electron chi connectivity index (χ3n) is 5.98. The summed E-state index contributed by atoms with van der Waals surface area (Å²) in [5.74, 6) is -0.0165. The molecule has 2 aliphatic heterocycles. The number of carbonyl (C=O) groups excluding carboxylic acids is 1. The molecule has 0 aromatic heterocycles. The Hall–Kier alpha value is -2.78. The minimum absolute atomic E-state index is 0.0519. The number of halogens is 4. The molecule has 33 heavy (non-hydrogen) atoms. The monoisotopic (exact) mass is 480 g/mol. The first-order chi connectivity index (χ1) is 15.6. The van der Waals surface area contributed by atoms with Gasteiger partial charge in [0.05, 0.1) is 28.2 Å². The predicted molar refractivity (Wildman–Crippen MR) is 120 cm³/mol. The highest BCUT2D eigenvalue weighted by molar-refractivity contribution is 6.34. The molecule has 2 heterocycles. The lowest BCUT2D eigenvalue weighted by molar-refractivity contribution is -0.137. The molecule has 2 aromatic carbocycles. The van der Waals surface area contributed by atoms with Crippen LogP contribution in [0.25, 0.3) is 0 Å². The molecule has 0 unspecified atom stereocenters. The molecule has 0 aliphatic carbocycles. The van der Waals surface area contributed by atoms with Gasteiger partial charge in [0, 0.05) is 30.5 Å². The van der Waals surface area contributed by atoms with Crippen molar-refractivity contribution in [1.29, 1.82) is 0 Å². The van der Waals surface area contributed by atoms with Crippen molar-refractivity contribution < 1.29 is 22.7 Å². The fourth-order valence-corrected chi connectivity index (χ4v) is 4.69. The highest BCUT2D eigenvalue weighted by Gasteiger charge is 2.41. The quantitative estimate of drug-likeness (QED) is 0.642. The van der Waals surface area contributed by atoms with Crippen molar-refractivity contribution >= 4 is 34.8 Å². The SMILES string of the molecule is C[C@@]1(c2cccc(Nc3cccc(C(F)(F)F)c3)c2Cl)CC(=O)N(C2CCOCC2)C(N)=N1. The average Bonchev–Trinajstić information content (AvgIpc) is 2.75. The van der Waals surface area contributed by atoms with Crippen molar-refractivity contribution in [3.05, 3.63) is 58.6 Å². The number of ether oxygens (including phenoxy) is 1. The molecule has 2 aliphatic rings. The zero-order valence-electron chi connectivity index (χ0n) is 18.0. The lowest BCUT2D eigenvalue weighted by Crippen LogP contribution is -2.55. The molecule has 2 aromatic rings. The number of nitrogens with two attached hydrogens (primary N) is 1. The van der Waals surface area contributed by atoms with Gasteiger partial charge in [-0.2, -0.15) is 13.2 Å². The Morgan fingerprint density at radius 2 is 1.91 bits per heavy atom. The minimum Gasteiger partial charge on any atom is -0.381 e. The van der Waals surface area contributed by atoms with Gasteiger partial charge in [0.15, 0.2) is 5.96 Å². The summed E-state index contributed by atoms with van der Waals surface area (Å²) in [6.07, 6.45) is -3.01. The Labute approximate surface area is 194 Å². The van der Waals surface area contributed by atoms with Gasteiger partial charge >= 0.3 is 6.18 Å². The number of benzene rings is 2. The van der Waals surface area contributed by atoms with Crippen LogP contribution >= 0.6 is 11.6 Å². The van der Waals surface area contributed by atoms with Crippen LogP contribution in [0.2, 0.25) is 5.02 Å². The van der Waals surface area contributed by atoms with E-state index < -0.39 is 17.3 Å². The van der Waals surface area contributed by atoms with Crippen LogP contribution in [0.1, 0.15) is 37.3 Å². The standard InChI is InChI=1S/C23H24ClF3N4O2/c1-22(13-19(32)31(21(28)30-22)16-8-10-33-11-9-16)17-6-3-7-18(20(17)24)29-15-5-2-4-14(12-15)23(25,26)27/h2-7,12,16,29H,8-11,13H2,1H3,(H2,28,30)/t22-/m0/s1. The van der Waals surface area contributed by atoms with E-state index in [1.807, 2.05) is 0 Å². The van der Waals surface area contributed by atoms with Crippen molar-refractivity contribution in [2.24, 2.45) is 10.7 Å². The summed E-state index contributed by atoms with van der Waals surface area (Å²) in [4.78, 5) is 19.3. The molecule has 4 rings (SSSR count). The molecule has 1 atom stereocenters. The first kappa shape index (κ1) is 23.4. The third-order valence-corrected chi connectivity index (χ3v) is 6.38. The number of alkyl halides is 3. The van der Waals surface area contributed by atoms with Gasteiger partial charge in [0.1, 0.15) is 0 Å². The van der Waals surface area contributed by atoms with Crippen LogP contribution in [0.15, 0.2) is 47.5 Å². The van der Waals surface area contributed by atoms with Gasteiger partial charge in [0.25, 0.3) is 0 Å². The van der Waals surface area contributed by atoms with Crippen molar-refractivity contribution in [3.63, 3.8) is 0 Å². The summed E-state index contributed by atoms with van der Waals surface area (Å²) >= 11 is 6.66. The van der Waals surface area contributed by atoms with E-state index in [1.165, 1.54) is 12.1 Å². The van der Waals surface area contributed by atoms with Crippen LogP contribution < -0.4 is 11.1 Å². The topological polar surface area (TPSA) is 80.0 Å². The second-order valence-corrected chi connectivity index (χ2v) is 8.78. The Bertz CT molecular complexity index is 1090. The average molecular weight is 481 g/mol. The van der Waals surface area contributed by atoms with E-state index in [4.69, 9.17) is 22.1 Å². The van der Waals surface area contributed by atoms with Crippen LogP contribution in [-0.4, -0.2) is 36.0 Å². The lowest BCUT2D eigenvalue weighted by atomic mass is 9.86. The van der Waals surface area contributed by atoms with Gasteiger partial charge in [-0.25, -0.2) is 4.99 Å². The Kier molecular flexibility index (Phi) is 6.28. The molecular formula is C23H24ClF3N4O2. The van der Waals surface area contributed by atoms with E-state index >= 15 is 0 Å². The summed E-state index contributed by atoms with van der Waals surface area (Å²) in [6.45, 7) is 2.90. The summed E-state index contributed by atoms with van der Waals surface area (Å²) < 4.78 is 44.5. The summed E-state index contributed by atoms with van der Waals surface area (Å²) in [7, 11) is 0. The fourth-order valence-electron chi connectivity index (χ4n) is 4.32. The highest BCUT2D eigenvalue weighted by Crippen LogP contribution is 2.41. The van der Waals surface area contributed by atoms with Crippen molar-refractivity contribution in [3.8, 4) is 0 Å². The molecule has 1 amide bonds. The Morgan fingerprint density at radius 3 is 2.58 bits per heavy atom.